The first-order valence-electron chi connectivity index (χ1n) is 6.44. The summed E-state index contributed by atoms with van der Waals surface area (Å²) in [6, 6.07) is 4.07. The second-order valence-corrected chi connectivity index (χ2v) is 4.94. The van der Waals surface area contributed by atoms with Crippen LogP contribution in [0, 0.1) is 24.6 Å². The maximum atomic E-state index is 13.0. The molecule has 0 spiro atoms. The zero-order chi connectivity index (χ0) is 14.7. The topological polar surface area (TPSA) is 66.4 Å². The van der Waals surface area contributed by atoms with E-state index in [0.29, 0.717) is 24.1 Å². The van der Waals surface area contributed by atoms with Crippen LogP contribution >= 0.6 is 0 Å². The molecule has 2 rings (SSSR count). The zero-order valence-electron chi connectivity index (χ0n) is 11.1. The van der Waals surface area contributed by atoms with E-state index in [1.807, 2.05) is 6.08 Å². The molecule has 2 N–H and O–H groups in total. The van der Waals surface area contributed by atoms with Gasteiger partial charge in [-0.3, -0.25) is 9.59 Å². The van der Waals surface area contributed by atoms with Crippen LogP contribution in [0.5, 0.6) is 0 Å². The molecule has 0 bridgehead atoms. The molecule has 5 heteroatoms. The molecule has 0 saturated carbocycles. The standard InChI is InChI=1S/C15H16FNO3/c1-9-8-10(16)6-7-13(9)17-14(18)11-4-2-3-5-12(11)15(19)20/h2-3,6-8,11-12H,4-5H2,1H3,(H,17,18)(H,19,20). The minimum atomic E-state index is -0.967. The van der Waals surface area contributed by atoms with Crippen LogP contribution in [-0.2, 0) is 9.59 Å². The highest BCUT2D eigenvalue weighted by atomic mass is 19.1. The number of aliphatic carboxylic acids is 1. The van der Waals surface area contributed by atoms with Crippen molar-refractivity contribution in [1.29, 1.82) is 0 Å². The summed E-state index contributed by atoms with van der Waals surface area (Å²) in [5.74, 6) is -2.98. The lowest BCUT2D eigenvalue weighted by Gasteiger charge is -2.24. The first-order chi connectivity index (χ1) is 9.49. The van der Waals surface area contributed by atoms with Gasteiger partial charge in [-0.05, 0) is 43.5 Å². The summed E-state index contributed by atoms with van der Waals surface area (Å²) in [6.07, 6.45) is 4.37. The predicted octanol–water partition coefficient (Wildman–Crippen LogP) is 2.74. The van der Waals surface area contributed by atoms with Gasteiger partial charge in [-0.25, -0.2) is 4.39 Å². The molecule has 1 aromatic carbocycles. The van der Waals surface area contributed by atoms with Crippen LogP contribution in [0.15, 0.2) is 30.4 Å². The molecular weight excluding hydrogens is 261 g/mol. The Morgan fingerprint density at radius 3 is 2.50 bits per heavy atom. The molecule has 20 heavy (non-hydrogen) atoms. The molecule has 2 atom stereocenters. The number of hydrogen-bond donors (Lipinski definition) is 2. The molecular formula is C15H16FNO3. The summed E-state index contributed by atoms with van der Waals surface area (Å²) in [5, 5.41) is 11.8. The van der Waals surface area contributed by atoms with Gasteiger partial charge in [-0.15, -0.1) is 0 Å². The SMILES string of the molecule is Cc1cc(F)ccc1NC(=O)C1CC=CCC1C(=O)O. The van der Waals surface area contributed by atoms with Crippen LogP contribution in [0.3, 0.4) is 0 Å². The molecule has 2 unspecified atom stereocenters. The number of halogens is 1. The number of anilines is 1. The van der Waals surface area contributed by atoms with E-state index in [-0.39, 0.29) is 11.7 Å². The van der Waals surface area contributed by atoms with Gasteiger partial charge in [-0.2, -0.15) is 0 Å². The molecule has 4 nitrogen and oxygen atoms in total. The third-order valence-electron chi connectivity index (χ3n) is 3.53. The number of carbonyl (C=O) groups excluding carboxylic acids is 1. The Morgan fingerprint density at radius 2 is 1.90 bits per heavy atom. The summed E-state index contributed by atoms with van der Waals surface area (Å²) < 4.78 is 13.0. The second kappa shape index (κ2) is 5.86. The third-order valence-corrected chi connectivity index (χ3v) is 3.53. The highest BCUT2D eigenvalue weighted by Crippen LogP contribution is 2.27. The number of carbonyl (C=O) groups is 2. The summed E-state index contributed by atoms with van der Waals surface area (Å²) in [4.78, 5) is 23.4. The lowest BCUT2D eigenvalue weighted by molar-refractivity contribution is -0.146. The normalized spacial score (nSPS) is 21.5. The van der Waals surface area contributed by atoms with Gasteiger partial charge in [0.2, 0.25) is 5.91 Å². The van der Waals surface area contributed by atoms with Gasteiger partial charge in [0.25, 0.3) is 0 Å². The Hall–Kier alpha value is -2.17. The Labute approximate surface area is 116 Å². The van der Waals surface area contributed by atoms with Crippen molar-refractivity contribution in [3.8, 4) is 0 Å². The quantitative estimate of drug-likeness (QED) is 0.835. The number of carboxylic acid groups (broad SMARTS) is 1. The number of rotatable bonds is 3. The van der Waals surface area contributed by atoms with E-state index < -0.39 is 17.8 Å². The van der Waals surface area contributed by atoms with Crippen molar-refractivity contribution in [3.63, 3.8) is 0 Å². The molecule has 106 valence electrons. The molecule has 1 aliphatic carbocycles. The minimum absolute atomic E-state index is 0.337. The summed E-state index contributed by atoms with van der Waals surface area (Å²) in [5.41, 5.74) is 1.12. The number of carboxylic acids is 1. The second-order valence-electron chi connectivity index (χ2n) is 4.94. The lowest BCUT2D eigenvalue weighted by atomic mass is 9.82. The average Bonchev–Trinajstić information content (AvgIpc) is 2.41. The Balaban J connectivity index is 2.14. The van der Waals surface area contributed by atoms with Crippen molar-refractivity contribution < 1.29 is 19.1 Å². The van der Waals surface area contributed by atoms with Gasteiger partial charge < -0.3 is 10.4 Å². The van der Waals surface area contributed by atoms with E-state index in [1.165, 1.54) is 18.2 Å². The van der Waals surface area contributed by atoms with E-state index in [2.05, 4.69) is 5.32 Å². The van der Waals surface area contributed by atoms with Crippen LogP contribution in [-0.4, -0.2) is 17.0 Å². The molecule has 0 saturated heterocycles. The molecule has 1 amide bonds. The molecule has 0 fully saturated rings. The monoisotopic (exact) mass is 277 g/mol. The van der Waals surface area contributed by atoms with Crippen molar-refractivity contribution >= 4 is 17.6 Å². The van der Waals surface area contributed by atoms with Crippen molar-refractivity contribution in [1.82, 2.24) is 0 Å². The van der Waals surface area contributed by atoms with Gasteiger partial charge in [0, 0.05) is 5.69 Å². The Kier molecular flexibility index (Phi) is 4.17. The molecule has 0 aromatic heterocycles. The Bertz CT molecular complexity index is 568. The fourth-order valence-electron chi connectivity index (χ4n) is 2.37. The van der Waals surface area contributed by atoms with E-state index >= 15 is 0 Å². The van der Waals surface area contributed by atoms with E-state index in [0.717, 1.165) is 0 Å². The van der Waals surface area contributed by atoms with E-state index in [9.17, 15) is 14.0 Å². The average molecular weight is 277 g/mol. The van der Waals surface area contributed by atoms with Crippen molar-refractivity contribution in [2.45, 2.75) is 19.8 Å². The maximum absolute atomic E-state index is 13.0. The number of nitrogens with one attached hydrogen (secondary N) is 1. The van der Waals surface area contributed by atoms with Gasteiger partial charge >= 0.3 is 5.97 Å². The number of hydrogen-bond acceptors (Lipinski definition) is 2. The molecule has 0 radical (unpaired) electrons. The first-order valence-corrected chi connectivity index (χ1v) is 6.44. The Morgan fingerprint density at radius 1 is 1.25 bits per heavy atom. The summed E-state index contributed by atoms with van der Waals surface area (Å²) >= 11 is 0. The highest BCUT2D eigenvalue weighted by Gasteiger charge is 2.34. The van der Waals surface area contributed by atoms with Gasteiger partial charge in [0.15, 0.2) is 0 Å². The van der Waals surface area contributed by atoms with Crippen LogP contribution in [0.1, 0.15) is 18.4 Å². The molecule has 0 aliphatic heterocycles. The minimum Gasteiger partial charge on any atom is -0.481 e. The van der Waals surface area contributed by atoms with Gasteiger partial charge in [0.05, 0.1) is 11.8 Å². The number of allylic oxidation sites excluding steroid dienone is 2. The predicted molar refractivity (Wildman–Crippen MR) is 72.8 cm³/mol. The third kappa shape index (κ3) is 3.04. The van der Waals surface area contributed by atoms with Gasteiger partial charge in [-0.1, -0.05) is 12.2 Å². The van der Waals surface area contributed by atoms with Crippen LogP contribution in [0.4, 0.5) is 10.1 Å². The molecule has 1 aliphatic rings. The van der Waals surface area contributed by atoms with E-state index in [4.69, 9.17) is 5.11 Å². The largest absolute Gasteiger partial charge is 0.481 e. The number of aryl methyl sites for hydroxylation is 1. The smallest absolute Gasteiger partial charge is 0.307 e. The molecule has 0 heterocycles. The number of benzene rings is 1. The van der Waals surface area contributed by atoms with Crippen LogP contribution < -0.4 is 5.32 Å². The van der Waals surface area contributed by atoms with Crippen LogP contribution in [0.25, 0.3) is 0 Å². The van der Waals surface area contributed by atoms with Crippen LogP contribution in [0.2, 0.25) is 0 Å². The fourth-order valence-corrected chi connectivity index (χ4v) is 2.37. The zero-order valence-corrected chi connectivity index (χ0v) is 11.1. The van der Waals surface area contributed by atoms with E-state index in [1.54, 1.807) is 13.0 Å². The number of amides is 1. The lowest BCUT2D eigenvalue weighted by Crippen LogP contribution is -2.34. The van der Waals surface area contributed by atoms with Gasteiger partial charge in [0.1, 0.15) is 5.82 Å². The molecule has 1 aromatic rings. The summed E-state index contributed by atoms with van der Waals surface area (Å²) in [6.45, 7) is 1.69. The van der Waals surface area contributed by atoms with Crippen molar-refractivity contribution in [2.75, 3.05) is 5.32 Å². The highest BCUT2D eigenvalue weighted by molar-refractivity contribution is 5.96. The fraction of sp³-hybridized carbons (Fsp3) is 0.333. The first kappa shape index (κ1) is 14.2. The van der Waals surface area contributed by atoms with Crippen molar-refractivity contribution in [2.24, 2.45) is 11.8 Å². The summed E-state index contributed by atoms with van der Waals surface area (Å²) in [7, 11) is 0. The maximum Gasteiger partial charge on any atom is 0.307 e. The van der Waals surface area contributed by atoms with Crippen molar-refractivity contribution in [3.05, 3.63) is 41.7 Å².